The van der Waals surface area contributed by atoms with Gasteiger partial charge in [-0.1, -0.05) is 29.8 Å². The Kier molecular flexibility index (Phi) is 6.14. The number of benzene rings is 1. The van der Waals surface area contributed by atoms with Gasteiger partial charge in [-0.2, -0.15) is 0 Å². The number of fused-ring (bicyclic) bond motifs is 1. The molecule has 3 rings (SSSR count). The largest absolute Gasteiger partial charge is 0.462 e. The Morgan fingerprint density at radius 2 is 2.04 bits per heavy atom. The number of anilines is 1. The molecule has 1 atom stereocenters. The third-order valence-electron chi connectivity index (χ3n) is 4.49. The molecule has 0 saturated heterocycles. The van der Waals surface area contributed by atoms with Crippen molar-refractivity contribution in [2.24, 2.45) is 5.92 Å². The predicted molar refractivity (Wildman–Crippen MR) is 108 cm³/mol. The van der Waals surface area contributed by atoms with Crippen LogP contribution in [0.25, 0.3) is 0 Å². The first kappa shape index (κ1) is 19.1. The summed E-state index contributed by atoms with van der Waals surface area (Å²) in [5.74, 6) is 0.0504. The normalized spacial score (nSPS) is 16.0. The van der Waals surface area contributed by atoms with E-state index in [1.165, 1.54) is 16.2 Å². The molecule has 0 spiro atoms. The van der Waals surface area contributed by atoms with Crippen LogP contribution in [-0.4, -0.2) is 18.5 Å². The molecule has 1 aliphatic rings. The second-order valence-corrected chi connectivity index (χ2v) is 8.67. The van der Waals surface area contributed by atoms with Gasteiger partial charge >= 0.3 is 5.97 Å². The number of thiophene rings is 1. The summed E-state index contributed by atoms with van der Waals surface area (Å²) in [4.78, 5) is 26.4. The van der Waals surface area contributed by atoms with Crippen LogP contribution in [0.5, 0.6) is 0 Å². The molecule has 0 aliphatic heterocycles. The monoisotopic (exact) mass is 435 g/mol. The number of esters is 1. The van der Waals surface area contributed by atoms with Gasteiger partial charge in [-0.3, -0.25) is 4.79 Å². The van der Waals surface area contributed by atoms with Gasteiger partial charge < -0.3 is 10.1 Å². The number of carbonyl (C=O) groups is 2. The van der Waals surface area contributed by atoms with Gasteiger partial charge in [0.2, 0.25) is 0 Å². The van der Waals surface area contributed by atoms with Gasteiger partial charge in [0.05, 0.1) is 12.2 Å². The molecule has 0 radical (unpaired) electrons. The van der Waals surface area contributed by atoms with E-state index >= 15 is 0 Å². The molecule has 26 heavy (non-hydrogen) atoms. The van der Waals surface area contributed by atoms with E-state index in [1.807, 2.05) is 19.1 Å². The van der Waals surface area contributed by atoms with E-state index in [1.54, 1.807) is 12.1 Å². The summed E-state index contributed by atoms with van der Waals surface area (Å²) >= 11 is 4.88. The maximum absolute atomic E-state index is 12.6. The summed E-state index contributed by atoms with van der Waals surface area (Å²) in [6, 6.07) is 7.16. The third-order valence-corrected chi connectivity index (χ3v) is 6.19. The van der Waals surface area contributed by atoms with Crippen molar-refractivity contribution < 1.29 is 14.3 Å². The fraction of sp³-hybridized carbons (Fsp3) is 0.400. The molecule has 1 heterocycles. The van der Waals surface area contributed by atoms with E-state index in [0.29, 0.717) is 28.7 Å². The van der Waals surface area contributed by atoms with E-state index in [2.05, 4.69) is 28.2 Å². The molecule has 1 N–H and O–H groups in total. The number of ether oxygens (including phenoxy) is 1. The van der Waals surface area contributed by atoms with E-state index in [9.17, 15) is 9.59 Å². The number of hydrogen-bond acceptors (Lipinski definition) is 4. The summed E-state index contributed by atoms with van der Waals surface area (Å²) in [6.07, 6.45) is 3.63. The Morgan fingerprint density at radius 1 is 1.31 bits per heavy atom. The molecular weight excluding hydrogens is 414 g/mol. The summed E-state index contributed by atoms with van der Waals surface area (Å²) in [5.41, 5.74) is 2.16. The second kappa shape index (κ2) is 8.35. The highest BCUT2D eigenvalue weighted by molar-refractivity contribution is 9.10. The van der Waals surface area contributed by atoms with Crippen LogP contribution in [0, 0.1) is 5.92 Å². The quantitative estimate of drug-likeness (QED) is 0.634. The van der Waals surface area contributed by atoms with Crippen LogP contribution in [0.3, 0.4) is 0 Å². The highest BCUT2D eigenvalue weighted by Crippen LogP contribution is 2.40. The van der Waals surface area contributed by atoms with Crippen molar-refractivity contribution in [1.82, 2.24) is 0 Å². The van der Waals surface area contributed by atoms with Crippen LogP contribution in [0.15, 0.2) is 28.7 Å². The third kappa shape index (κ3) is 4.18. The maximum atomic E-state index is 12.6. The zero-order valence-electron chi connectivity index (χ0n) is 14.9. The molecule has 2 aromatic rings. The van der Waals surface area contributed by atoms with Crippen LogP contribution < -0.4 is 5.32 Å². The Balaban J connectivity index is 1.91. The van der Waals surface area contributed by atoms with Gasteiger partial charge in [0.1, 0.15) is 5.00 Å². The SMILES string of the molecule is CCCOC(=O)c1c(NC(=O)c2ccc(Br)cc2)sc2c1CCC(C)C2. The van der Waals surface area contributed by atoms with Crippen molar-refractivity contribution >= 4 is 44.1 Å². The fourth-order valence-corrected chi connectivity index (χ4v) is 4.76. The molecule has 6 heteroatoms. The molecular formula is C20H22BrNO3S. The Labute approximate surface area is 166 Å². The predicted octanol–water partition coefficient (Wildman–Crippen LogP) is 5.45. The lowest BCUT2D eigenvalue weighted by Gasteiger charge is -2.18. The molecule has 1 amide bonds. The van der Waals surface area contributed by atoms with Gasteiger partial charge in [0.15, 0.2) is 0 Å². The van der Waals surface area contributed by atoms with Gasteiger partial charge in [-0.05, 0) is 61.4 Å². The van der Waals surface area contributed by atoms with Gasteiger partial charge in [0.25, 0.3) is 5.91 Å². The number of hydrogen-bond donors (Lipinski definition) is 1. The molecule has 0 fully saturated rings. The fourth-order valence-electron chi connectivity index (χ4n) is 3.10. The molecule has 1 aromatic carbocycles. The zero-order chi connectivity index (χ0) is 18.7. The molecule has 1 unspecified atom stereocenters. The van der Waals surface area contributed by atoms with Gasteiger partial charge in [-0.15, -0.1) is 11.3 Å². The molecule has 4 nitrogen and oxygen atoms in total. The lowest BCUT2D eigenvalue weighted by atomic mass is 9.88. The highest BCUT2D eigenvalue weighted by Gasteiger charge is 2.29. The smallest absolute Gasteiger partial charge is 0.341 e. The van der Waals surface area contributed by atoms with Crippen LogP contribution in [-0.2, 0) is 17.6 Å². The molecule has 138 valence electrons. The van der Waals surface area contributed by atoms with E-state index in [4.69, 9.17) is 4.74 Å². The first-order valence-corrected chi connectivity index (χ1v) is 10.5. The average molecular weight is 436 g/mol. The number of rotatable bonds is 5. The molecule has 0 saturated carbocycles. The molecule has 0 bridgehead atoms. The summed E-state index contributed by atoms with van der Waals surface area (Å²) < 4.78 is 6.30. The lowest BCUT2D eigenvalue weighted by Crippen LogP contribution is -2.17. The Hall–Kier alpha value is -1.66. The van der Waals surface area contributed by atoms with Crippen molar-refractivity contribution in [3.63, 3.8) is 0 Å². The molecule has 1 aliphatic carbocycles. The topological polar surface area (TPSA) is 55.4 Å². The van der Waals surface area contributed by atoms with Crippen molar-refractivity contribution in [3.05, 3.63) is 50.3 Å². The Bertz CT molecular complexity index is 813. The number of nitrogens with one attached hydrogen (secondary N) is 1. The minimum atomic E-state index is -0.329. The Morgan fingerprint density at radius 3 is 2.73 bits per heavy atom. The van der Waals surface area contributed by atoms with E-state index < -0.39 is 0 Å². The van der Waals surface area contributed by atoms with E-state index in [0.717, 1.165) is 35.7 Å². The highest BCUT2D eigenvalue weighted by atomic mass is 79.9. The number of amides is 1. The van der Waals surface area contributed by atoms with Crippen LogP contribution >= 0.6 is 27.3 Å². The van der Waals surface area contributed by atoms with Crippen LogP contribution in [0.1, 0.15) is 57.8 Å². The van der Waals surface area contributed by atoms with E-state index in [-0.39, 0.29) is 11.9 Å². The minimum Gasteiger partial charge on any atom is -0.462 e. The van der Waals surface area contributed by atoms with Crippen LogP contribution in [0.2, 0.25) is 0 Å². The van der Waals surface area contributed by atoms with Crippen molar-refractivity contribution in [2.45, 2.75) is 39.5 Å². The van der Waals surface area contributed by atoms with Crippen molar-refractivity contribution in [3.8, 4) is 0 Å². The first-order chi connectivity index (χ1) is 12.5. The van der Waals surface area contributed by atoms with Gasteiger partial charge in [-0.25, -0.2) is 4.79 Å². The van der Waals surface area contributed by atoms with Crippen molar-refractivity contribution in [2.75, 3.05) is 11.9 Å². The van der Waals surface area contributed by atoms with Crippen molar-refractivity contribution in [1.29, 1.82) is 0 Å². The maximum Gasteiger partial charge on any atom is 0.341 e. The lowest BCUT2D eigenvalue weighted by molar-refractivity contribution is 0.0505. The van der Waals surface area contributed by atoms with Gasteiger partial charge in [0, 0.05) is 14.9 Å². The standard InChI is InChI=1S/C20H22BrNO3S/c1-3-10-25-20(24)17-15-9-4-12(2)11-16(15)26-19(17)22-18(23)13-5-7-14(21)8-6-13/h5-8,12H,3-4,9-11H2,1-2H3,(H,22,23). The molecule has 1 aromatic heterocycles. The zero-order valence-corrected chi connectivity index (χ0v) is 17.3. The summed E-state index contributed by atoms with van der Waals surface area (Å²) in [7, 11) is 0. The second-order valence-electron chi connectivity index (χ2n) is 6.65. The number of halogens is 1. The number of carbonyl (C=O) groups excluding carboxylic acids is 2. The summed E-state index contributed by atoms with van der Waals surface area (Å²) in [6.45, 7) is 4.58. The average Bonchev–Trinajstić information content (AvgIpc) is 2.97. The van der Waals surface area contributed by atoms with Crippen LogP contribution in [0.4, 0.5) is 5.00 Å². The minimum absolute atomic E-state index is 0.214. The summed E-state index contributed by atoms with van der Waals surface area (Å²) in [5, 5.41) is 3.55. The first-order valence-electron chi connectivity index (χ1n) is 8.88.